The molecule has 0 atom stereocenters. The molecule has 0 spiro atoms. The van der Waals surface area contributed by atoms with E-state index in [1.807, 2.05) is 6.07 Å². The van der Waals surface area contributed by atoms with Crippen molar-refractivity contribution in [1.82, 2.24) is 0 Å². The number of benzene rings is 1. The van der Waals surface area contributed by atoms with Gasteiger partial charge in [0.15, 0.2) is 0 Å². The van der Waals surface area contributed by atoms with E-state index in [9.17, 15) is 4.39 Å². The molecule has 1 aromatic carbocycles. The lowest BCUT2D eigenvalue weighted by Gasteiger charge is -1.85. The van der Waals surface area contributed by atoms with Crippen molar-refractivity contribution in [2.24, 2.45) is 0 Å². The first-order valence-electron chi connectivity index (χ1n) is 3.26. The van der Waals surface area contributed by atoms with E-state index in [0.717, 1.165) is 0 Å². The van der Waals surface area contributed by atoms with Crippen LogP contribution in [0.15, 0.2) is 24.3 Å². The van der Waals surface area contributed by atoms with Gasteiger partial charge in [0.05, 0.1) is 11.6 Å². The second kappa shape index (κ2) is 6.14. The monoisotopic (exact) mass is 183 g/mol. The number of halogens is 1. The summed E-state index contributed by atoms with van der Waals surface area (Å²) in [7, 11) is -2.17. The van der Waals surface area contributed by atoms with Gasteiger partial charge >= 0.3 is 7.32 Å². The average Bonchev–Trinajstić information content (AvgIpc) is 2.03. The molecule has 1 aromatic rings. The highest BCUT2D eigenvalue weighted by atomic mass is 19.1. The zero-order valence-electron chi connectivity index (χ0n) is 6.55. The van der Waals surface area contributed by atoms with Gasteiger partial charge in [-0.1, -0.05) is 6.07 Å². The number of hydrogen-bond acceptors (Lipinski definition) is 4. The topological polar surface area (TPSA) is 84.5 Å². The third-order valence-electron chi connectivity index (χ3n) is 0.954. The zero-order valence-corrected chi connectivity index (χ0v) is 6.55. The van der Waals surface area contributed by atoms with Gasteiger partial charge in [-0.2, -0.15) is 5.26 Å². The van der Waals surface area contributed by atoms with Gasteiger partial charge in [-0.15, -0.1) is 0 Å². The first-order valence-corrected chi connectivity index (χ1v) is 3.26. The second-order valence-electron chi connectivity index (χ2n) is 1.97. The minimum Gasteiger partial charge on any atom is -0.402 e. The van der Waals surface area contributed by atoms with Gasteiger partial charge in [0.1, 0.15) is 5.82 Å². The number of nitriles is 1. The molecule has 0 heterocycles. The molecule has 4 nitrogen and oxygen atoms in total. The Bertz CT molecular complexity index is 297. The first-order chi connectivity index (χ1) is 6.06. The van der Waals surface area contributed by atoms with Crippen molar-refractivity contribution in [1.29, 1.82) is 5.26 Å². The Kier molecular flexibility index (Phi) is 5.47. The maximum absolute atomic E-state index is 12.2. The van der Waals surface area contributed by atoms with Crippen molar-refractivity contribution in [3.8, 4) is 6.07 Å². The van der Waals surface area contributed by atoms with Gasteiger partial charge in [0.2, 0.25) is 0 Å². The van der Waals surface area contributed by atoms with Crippen LogP contribution in [0.1, 0.15) is 5.56 Å². The molecule has 0 amide bonds. The van der Waals surface area contributed by atoms with Crippen LogP contribution in [0.3, 0.4) is 0 Å². The highest BCUT2D eigenvalue weighted by Gasteiger charge is 1.92. The van der Waals surface area contributed by atoms with E-state index in [0.29, 0.717) is 5.56 Å². The molecule has 0 radical (unpaired) electrons. The third kappa shape index (κ3) is 6.96. The summed E-state index contributed by atoms with van der Waals surface area (Å²) in [5.74, 6) is -0.367. The van der Waals surface area contributed by atoms with Gasteiger partial charge in [-0.3, -0.25) is 0 Å². The highest BCUT2D eigenvalue weighted by Crippen LogP contribution is 2.00. The quantitative estimate of drug-likeness (QED) is 0.479. The lowest BCUT2D eigenvalue weighted by Crippen LogP contribution is -2.07. The standard InChI is InChI=1S/C7H4FN.BH3O3/c8-7-3-1-2-6(4-7)5-9;2-1(3)4/h1-4H;2-4H. The highest BCUT2D eigenvalue weighted by molar-refractivity contribution is 6.30. The minimum atomic E-state index is -2.17. The molecule has 0 fully saturated rings. The molecule has 0 unspecified atom stereocenters. The van der Waals surface area contributed by atoms with E-state index < -0.39 is 7.32 Å². The van der Waals surface area contributed by atoms with Gasteiger partial charge in [0, 0.05) is 0 Å². The maximum Gasteiger partial charge on any atom is 0.631 e. The summed E-state index contributed by atoms with van der Waals surface area (Å²) >= 11 is 0. The lowest BCUT2D eigenvalue weighted by atomic mass is 10.2. The Hall–Kier alpha value is -1.42. The Morgan fingerprint density at radius 2 is 1.85 bits per heavy atom. The Labute approximate surface area is 74.7 Å². The number of hydrogen-bond donors (Lipinski definition) is 3. The van der Waals surface area contributed by atoms with Crippen molar-refractivity contribution in [2.45, 2.75) is 0 Å². The molecule has 1 rings (SSSR count). The van der Waals surface area contributed by atoms with E-state index >= 15 is 0 Å². The summed E-state index contributed by atoms with van der Waals surface area (Å²) in [6.07, 6.45) is 0. The zero-order chi connectivity index (χ0) is 10.3. The maximum atomic E-state index is 12.2. The summed E-state index contributed by atoms with van der Waals surface area (Å²) in [6, 6.07) is 7.40. The smallest absolute Gasteiger partial charge is 0.402 e. The number of rotatable bonds is 0. The lowest BCUT2D eigenvalue weighted by molar-refractivity contribution is 0.278. The van der Waals surface area contributed by atoms with E-state index in [4.69, 9.17) is 20.3 Å². The molecule has 0 aliphatic carbocycles. The molecule has 6 heteroatoms. The predicted octanol–water partition coefficient (Wildman–Crippen LogP) is -0.354. The Morgan fingerprint density at radius 1 is 1.31 bits per heavy atom. The fourth-order valence-corrected chi connectivity index (χ4v) is 0.558. The average molecular weight is 183 g/mol. The van der Waals surface area contributed by atoms with Gasteiger partial charge in [-0.25, -0.2) is 4.39 Å². The van der Waals surface area contributed by atoms with Crippen molar-refractivity contribution in [3.05, 3.63) is 35.6 Å². The fourth-order valence-electron chi connectivity index (χ4n) is 0.558. The summed E-state index contributed by atoms with van der Waals surface area (Å²) < 4.78 is 12.2. The van der Waals surface area contributed by atoms with E-state index in [-0.39, 0.29) is 5.82 Å². The van der Waals surface area contributed by atoms with Crippen LogP contribution in [-0.4, -0.2) is 22.4 Å². The Balaban J connectivity index is 0.000000310. The summed E-state index contributed by atoms with van der Waals surface area (Å²) in [5, 5.41) is 29.7. The molecule has 0 aromatic heterocycles. The van der Waals surface area contributed by atoms with Crippen LogP contribution >= 0.6 is 0 Å². The van der Waals surface area contributed by atoms with Crippen molar-refractivity contribution >= 4 is 7.32 Å². The van der Waals surface area contributed by atoms with Crippen LogP contribution < -0.4 is 0 Å². The third-order valence-corrected chi connectivity index (χ3v) is 0.954. The van der Waals surface area contributed by atoms with Crippen LogP contribution in [0.5, 0.6) is 0 Å². The molecule has 0 aliphatic rings. The van der Waals surface area contributed by atoms with Gasteiger partial charge < -0.3 is 15.1 Å². The van der Waals surface area contributed by atoms with Crippen molar-refractivity contribution in [3.63, 3.8) is 0 Å². The predicted molar refractivity (Wildman–Crippen MR) is 43.5 cm³/mol. The van der Waals surface area contributed by atoms with Crippen LogP contribution in [0.2, 0.25) is 0 Å². The summed E-state index contributed by atoms with van der Waals surface area (Å²) in [6.45, 7) is 0. The fraction of sp³-hybridized carbons (Fsp3) is 0. The Morgan fingerprint density at radius 3 is 2.15 bits per heavy atom. The largest absolute Gasteiger partial charge is 0.631 e. The van der Waals surface area contributed by atoms with E-state index in [2.05, 4.69) is 0 Å². The normalized spacial score (nSPS) is 7.92. The number of nitrogens with zero attached hydrogens (tertiary/aromatic N) is 1. The minimum absolute atomic E-state index is 0.356. The second-order valence-corrected chi connectivity index (χ2v) is 1.97. The molecule has 0 saturated carbocycles. The van der Waals surface area contributed by atoms with E-state index in [1.54, 1.807) is 6.07 Å². The van der Waals surface area contributed by atoms with Crippen LogP contribution in [0, 0.1) is 17.1 Å². The molecular weight excluding hydrogens is 176 g/mol. The molecular formula is C7H7BFNO3. The van der Waals surface area contributed by atoms with Crippen molar-refractivity contribution < 1.29 is 19.5 Å². The summed E-state index contributed by atoms with van der Waals surface area (Å²) in [4.78, 5) is 0. The van der Waals surface area contributed by atoms with Gasteiger partial charge in [0.25, 0.3) is 0 Å². The first kappa shape index (κ1) is 11.6. The van der Waals surface area contributed by atoms with Crippen LogP contribution in [0.4, 0.5) is 4.39 Å². The molecule has 68 valence electrons. The molecule has 3 N–H and O–H groups in total. The molecule has 0 bridgehead atoms. The van der Waals surface area contributed by atoms with Gasteiger partial charge in [-0.05, 0) is 18.2 Å². The van der Waals surface area contributed by atoms with Crippen LogP contribution in [0.25, 0.3) is 0 Å². The van der Waals surface area contributed by atoms with Crippen LogP contribution in [-0.2, 0) is 0 Å². The molecule has 0 saturated heterocycles. The van der Waals surface area contributed by atoms with E-state index in [1.165, 1.54) is 18.2 Å². The van der Waals surface area contributed by atoms with Crippen molar-refractivity contribution in [2.75, 3.05) is 0 Å². The summed E-state index contributed by atoms with van der Waals surface area (Å²) in [5.41, 5.74) is 0.356. The SMILES string of the molecule is N#Cc1cccc(F)c1.OB(O)O. The molecule has 13 heavy (non-hydrogen) atoms. The molecule has 0 aliphatic heterocycles.